The quantitative estimate of drug-likeness (QED) is 0.699. The van der Waals surface area contributed by atoms with E-state index in [9.17, 15) is 0 Å². The van der Waals surface area contributed by atoms with Gasteiger partial charge >= 0.3 is 0 Å². The van der Waals surface area contributed by atoms with Crippen LogP contribution in [0.15, 0.2) is 12.5 Å². The van der Waals surface area contributed by atoms with E-state index in [1.807, 2.05) is 11.5 Å². The molecule has 1 aromatic heterocycles. The zero-order valence-electron chi connectivity index (χ0n) is 5.82. The highest BCUT2D eigenvalue weighted by Gasteiger charge is 1.94. The Morgan fingerprint density at radius 2 is 2.40 bits per heavy atom. The van der Waals surface area contributed by atoms with Crippen LogP contribution < -0.4 is 0 Å². The van der Waals surface area contributed by atoms with Crippen molar-refractivity contribution in [2.75, 3.05) is 0 Å². The van der Waals surface area contributed by atoms with Gasteiger partial charge < -0.3 is 9.67 Å². The molecule has 0 fully saturated rings. The highest BCUT2D eigenvalue weighted by atomic mass is 35.5. The number of rotatable bonds is 2. The van der Waals surface area contributed by atoms with Crippen LogP contribution in [0.25, 0.3) is 0 Å². The number of halogens is 1. The van der Waals surface area contributed by atoms with Crippen molar-refractivity contribution in [2.45, 2.75) is 20.1 Å². The first-order valence-corrected chi connectivity index (χ1v) is 2.98. The van der Waals surface area contributed by atoms with Crippen LogP contribution in [0.3, 0.4) is 0 Å². The van der Waals surface area contributed by atoms with Crippen LogP contribution in [0.2, 0.25) is 0 Å². The molecule has 0 spiro atoms. The average Bonchev–Trinajstić information content (AvgIpc) is 2.33. The number of aliphatic hydroxyl groups is 1. The summed E-state index contributed by atoms with van der Waals surface area (Å²) in [5.41, 5.74) is 0.873. The molecule has 1 N–H and O–H groups in total. The van der Waals surface area contributed by atoms with Gasteiger partial charge in [0.05, 0.1) is 24.8 Å². The molecule has 0 aromatic carbocycles. The number of imidazole rings is 1. The summed E-state index contributed by atoms with van der Waals surface area (Å²) in [6.45, 7) is 2.96. The van der Waals surface area contributed by atoms with E-state index in [4.69, 9.17) is 5.11 Å². The summed E-state index contributed by atoms with van der Waals surface area (Å²) in [5.74, 6) is 0. The minimum Gasteiger partial charge on any atom is -0.390 e. The molecule has 0 saturated carbocycles. The maximum atomic E-state index is 8.68. The molecule has 3 nitrogen and oxygen atoms in total. The van der Waals surface area contributed by atoms with Crippen LogP contribution in [0.1, 0.15) is 12.6 Å². The molecule has 1 heterocycles. The molecule has 0 bridgehead atoms. The van der Waals surface area contributed by atoms with Gasteiger partial charge in [0, 0.05) is 6.54 Å². The van der Waals surface area contributed by atoms with Crippen LogP contribution in [0.4, 0.5) is 0 Å². The van der Waals surface area contributed by atoms with E-state index in [0.717, 1.165) is 12.2 Å². The van der Waals surface area contributed by atoms with Gasteiger partial charge in [-0.05, 0) is 6.92 Å². The zero-order valence-corrected chi connectivity index (χ0v) is 6.64. The van der Waals surface area contributed by atoms with Gasteiger partial charge in [0.25, 0.3) is 0 Å². The molecular formula is C6H11ClN2O. The molecule has 1 rings (SSSR count). The first-order chi connectivity index (χ1) is 4.38. The number of hydrogen-bond donors (Lipinski definition) is 1. The van der Waals surface area contributed by atoms with Crippen LogP contribution >= 0.6 is 12.4 Å². The minimum absolute atomic E-state index is 0. The molecular weight excluding hydrogens is 152 g/mol. The monoisotopic (exact) mass is 162 g/mol. The molecule has 0 aliphatic carbocycles. The van der Waals surface area contributed by atoms with E-state index in [1.165, 1.54) is 0 Å². The van der Waals surface area contributed by atoms with Crippen LogP contribution in [0, 0.1) is 0 Å². The molecule has 0 aliphatic heterocycles. The molecule has 1 aromatic rings. The number of hydrogen-bond acceptors (Lipinski definition) is 2. The molecule has 0 amide bonds. The van der Waals surface area contributed by atoms with Crippen molar-refractivity contribution in [2.24, 2.45) is 0 Å². The fourth-order valence-electron chi connectivity index (χ4n) is 0.765. The maximum Gasteiger partial charge on any atom is 0.0948 e. The molecule has 0 radical (unpaired) electrons. The summed E-state index contributed by atoms with van der Waals surface area (Å²) in [6.07, 6.45) is 3.38. The van der Waals surface area contributed by atoms with Crippen molar-refractivity contribution < 1.29 is 5.11 Å². The predicted octanol–water partition coefficient (Wildman–Crippen LogP) is 0.817. The van der Waals surface area contributed by atoms with Gasteiger partial charge in [0.15, 0.2) is 0 Å². The third kappa shape index (κ3) is 1.72. The predicted molar refractivity (Wildman–Crippen MR) is 41.1 cm³/mol. The van der Waals surface area contributed by atoms with Crippen molar-refractivity contribution >= 4 is 12.4 Å². The topological polar surface area (TPSA) is 38.0 Å². The second kappa shape index (κ2) is 4.30. The third-order valence-corrected chi connectivity index (χ3v) is 1.30. The fraction of sp³-hybridized carbons (Fsp3) is 0.500. The molecule has 0 aliphatic rings. The van der Waals surface area contributed by atoms with Gasteiger partial charge in [0.2, 0.25) is 0 Å². The highest BCUT2D eigenvalue weighted by Crippen LogP contribution is 1.96. The van der Waals surface area contributed by atoms with Crippen molar-refractivity contribution in [3.05, 3.63) is 18.2 Å². The van der Waals surface area contributed by atoms with E-state index < -0.39 is 0 Å². The van der Waals surface area contributed by atoms with Gasteiger partial charge in [-0.25, -0.2) is 4.98 Å². The number of aryl methyl sites for hydroxylation is 1. The van der Waals surface area contributed by atoms with Crippen molar-refractivity contribution in [1.29, 1.82) is 0 Å². The lowest BCUT2D eigenvalue weighted by Gasteiger charge is -1.98. The minimum atomic E-state index is 0. The Labute approximate surface area is 66.1 Å². The lowest BCUT2D eigenvalue weighted by Crippen LogP contribution is -1.97. The molecule has 0 saturated heterocycles. The van der Waals surface area contributed by atoms with E-state index in [1.54, 1.807) is 12.5 Å². The van der Waals surface area contributed by atoms with Gasteiger partial charge in [-0.15, -0.1) is 12.4 Å². The largest absolute Gasteiger partial charge is 0.390 e. The number of aromatic nitrogens is 2. The number of nitrogens with zero attached hydrogens (tertiary/aromatic N) is 2. The summed E-state index contributed by atoms with van der Waals surface area (Å²) in [7, 11) is 0. The zero-order chi connectivity index (χ0) is 6.69. The standard InChI is InChI=1S/C6H10N2O.ClH/c1-2-8-5-7-3-6(8)4-9;/h3,5,9H,2,4H2,1H3;1H. The van der Waals surface area contributed by atoms with Gasteiger partial charge in [0.1, 0.15) is 0 Å². The van der Waals surface area contributed by atoms with Crippen LogP contribution in [-0.2, 0) is 13.2 Å². The SMILES string of the molecule is CCn1cncc1CO.Cl. The van der Waals surface area contributed by atoms with E-state index in [-0.39, 0.29) is 19.0 Å². The van der Waals surface area contributed by atoms with E-state index in [2.05, 4.69) is 4.98 Å². The fourth-order valence-corrected chi connectivity index (χ4v) is 0.765. The molecule has 0 atom stereocenters. The Bertz CT molecular complexity index is 169. The lowest BCUT2D eigenvalue weighted by molar-refractivity contribution is 0.271. The van der Waals surface area contributed by atoms with Crippen LogP contribution in [0.5, 0.6) is 0 Å². The Hall–Kier alpha value is -0.540. The maximum absolute atomic E-state index is 8.68. The summed E-state index contributed by atoms with van der Waals surface area (Å²) >= 11 is 0. The normalized spacial score (nSPS) is 9.00. The summed E-state index contributed by atoms with van der Waals surface area (Å²) in [6, 6.07) is 0. The molecule has 4 heteroatoms. The lowest BCUT2D eigenvalue weighted by atomic mass is 10.5. The average molecular weight is 163 g/mol. The Morgan fingerprint density at radius 1 is 1.70 bits per heavy atom. The van der Waals surface area contributed by atoms with E-state index >= 15 is 0 Å². The summed E-state index contributed by atoms with van der Waals surface area (Å²) < 4.78 is 1.90. The second-order valence-electron chi connectivity index (χ2n) is 1.83. The second-order valence-corrected chi connectivity index (χ2v) is 1.83. The molecule has 0 unspecified atom stereocenters. The van der Waals surface area contributed by atoms with Gasteiger partial charge in [-0.2, -0.15) is 0 Å². The Kier molecular flexibility index (Phi) is 4.07. The number of aliphatic hydroxyl groups excluding tert-OH is 1. The first-order valence-electron chi connectivity index (χ1n) is 2.98. The first kappa shape index (κ1) is 9.46. The molecule has 58 valence electrons. The van der Waals surface area contributed by atoms with Crippen molar-refractivity contribution in [3.8, 4) is 0 Å². The van der Waals surface area contributed by atoms with E-state index in [0.29, 0.717) is 0 Å². The van der Waals surface area contributed by atoms with Crippen molar-refractivity contribution in [3.63, 3.8) is 0 Å². The third-order valence-electron chi connectivity index (χ3n) is 1.30. The Balaban J connectivity index is 0.000000810. The van der Waals surface area contributed by atoms with Gasteiger partial charge in [-0.3, -0.25) is 0 Å². The van der Waals surface area contributed by atoms with Crippen molar-refractivity contribution in [1.82, 2.24) is 9.55 Å². The van der Waals surface area contributed by atoms with Crippen LogP contribution in [-0.4, -0.2) is 14.7 Å². The summed E-state index contributed by atoms with van der Waals surface area (Å²) in [4.78, 5) is 3.87. The summed E-state index contributed by atoms with van der Waals surface area (Å²) in [5, 5.41) is 8.68. The Morgan fingerprint density at radius 3 is 2.80 bits per heavy atom. The highest BCUT2D eigenvalue weighted by molar-refractivity contribution is 5.85. The molecule has 10 heavy (non-hydrogen) atoms. The smallest absolute Gasteiger partial charge is 0.0948 e. The van der Waals surface area contributed by atoms with Gasteiger partial charge in [-0.1, -0.05) is 0 Å².